The summed E-state index contributed by atoms with van der Waals surface area (Å²) < 4.78 is 10.7. The minimum atomic E-state index is -0.234. The van der Waals surface area contributed by atoms with E-state index >= 15 is 0 Å². The lowest BCUT2D eigenvalue weighted by Gasteiger charge is -2.26. The molecule has 0 aliphatic rings. The summed E-state index contributed by atoms with van der Waals surface area (Å²) in [6.07, 6.45) is 0. The molecule has 7 heteroatoms. The Kier molecular flexibility index (Phi) is 7.76. The molecule has 0 fully saturated rings. The highest BCUT2D eigenvalue weighted by Gasteiger charge is 2.17. The van der Waals surface area contributed by atoms with E-state index in [4.69, 9.17) is 21.1 Å². The third kappa shape index (κ3) is 6.05. The fraction of sp³-hybridized carbons (Fsp3) is 0.350. The van der Waals surface area contributed by atoms with Crippen molar-refractivity contribution in [3.8, 4) is 11.5 Å². The maximum absolute atomic E-state index is 12.2. The van der Waals surface area contributed by atoms with E-state index in [0.717, 1.165) is 11.1 Å². The Labute approximate surface area is 165 Å². The molecule has 0 heterocycles. The Morgan fingerprint density at radius 1 is 1.07 bits per heavy atom. The number of halogens is 1. The standard InChI is InChI=1S/C20H26ClN3O3/c1-24(2)17(15-8-9-18(26-3)19(11-15)27-4)13-23-20(25)22-12-14-6-5-7-16(21)10-14/h5-11,17H,12-13H2,1-4H3,(H2,22,23,25). The molecule has 0 saturated heterocycles. The first-order valence-electron chi connectivity index (χ1n) is 8.59. The average molecular weight is 392 g/mol. The van der Waals surface area contributed by atoms with Crippen molar-refractivity contribution in [3.05, 3.63) is 58.6 Å². The molecule has 1 unspecified atom stereocenters. The predicted octanol–water partition coefficient (Wildman–Crippen LogP) is 3.46. The summed E-state index contributed by atoms with van der Waals surface area (Å²) in [5.41, 5.74) is 1.97. The molecule has 0 bridgehead atoms. The van der Waals surface area contributed by atoms with Crippen molar-refractivity contribution in [1.29, 1.82) is 0 Å². The van der Waals surface area contributed by atoms with Crippen molar-refractivity contribution in [3.63, 3.8) is 0 Å². The molecule has 0 spiro atoms. The largest absolute Gasteiger partial charge is 0.493 e. The van der Waals surface area contributed by atoms with E-state index in [1.807, 2.05) is 55.4 Å². The second-order valence-corrected chi connectivity index (χ2v) is 6.72. The lowest BCUT2D eigenvalue weighted by Crippen LogP contribution is -2.40. The van der Waals surface area contributed by atoms with Crippen LogP contribution in [0.5, 0.6) is 11.5 Å². The molecule has 2 aromatic rings. The minimum Gasteiger partial charge on any atom is -0.493 e. The number of rotatable bonds is 8. The highest BCUT2D eigenvalue weighted by molar-refractivity contribution is 6.30. The molecule has 2 aromatic carbocycles. The number of nitrogens with one attached hydrogen (secondary N) is 2. The molecule has 146 valence electrons. The molecule has 2 N–H and O–H groups in total. The van der Waals surface area contributed by atoms with Crippen LogP contribution in [0, 0.1) is 0 Å². The van der Waals surface area contributed by atoms with Crippen LogP contribution in [0.15, 0.2) is 42.5 Å². The van der Waals surface area contributed by atoms with Crippen molar-refractivity contribution in [2.45, 2.75) is 12.6 Å². The van der Waals surface area contributed by atoms with Crippen LogP contribution in [-0.2, 0) is 6.54 Å². The predicted molar refractivity (Wildman–Crippen MR) is 108 cm³/mol. The van der Waals surface area contributed by atoms with Gasteiger partial charge in [-0.3, -0.25) is 0 Å². The number of benzene rings is 2. The number of hydrogen-bond donors (Lipinski definition) is 2. The van der Waals surface area contributed by atoms with Crippen LogP contribution in [0.25, 0.3) is 0 Å². The number of carbonyl (C=O) groups is 1. The Hall–Kier alpha value is -2.44. The van der Waals surface area contributed by atoms with E-state index in [1.54, 1.807) is 20.3 Å². The smallest absolute Gasteiger partial charge is 0.315 e. The zero-order valence-electron chi connectivity index (χ0n) is 16.1. The van der Waals surface area contributed by atoms with E-state index in [0.29, 0.717) is 29.6 Å². The summed E-state index contributed by atoms with van der Waals surface area (Å²) in [5, 5.41) is 6.41. The van der Waals surface area contributed by atoms with Gasteiger partial charge in [-0.2, -0.15) is 0 Å². The highest BCUT2D eigenvalue weighted by atomic mass is 35.5. The fourth-order valence-electron chi connectivity index (χ4n) is 2.74. The summed E-state index contributed by atoms with van der Waals surface area (Å²) in [6.45, 7) is 0.860. The maximum atomic E-state index is 12.2. The number of carbonyl (C=O) groups excluding carboxylic acids is 1. The molecule has 2 rings (SSSR count). The molecule has 0 saturated carbocycles. The minimum absolute atomic E-state index is 0.0123. The maximum Gasteiger partial charge on any atom is 0.315 e. The first kappa shape index (κ1) is 20.9. The number of ether oxygens (including phenoxy) is 2. The van der Waals surface area contributed by atoms with Crippen LogP contribution < -0.4 is 20.1 Å². The van der Waals surface area contributed by atoms with Gasteiger partial charge in [0, 0.05) is 18.1 Å². The number of likely N-dealkylation sites (N-methyl/N-ethyl adjacent to an activating group) is 1. The molecule has 6 nitrogen and oxygen atoms in total. The van der Waals surface area contributed by atoms with Gasteiger partial charge in [0.2, 0.25) is 0 Å². The highest BCUT2D eigenvalue weighted by Crippen LogP contribution is 2.31. The van der Waals surface area contributed by atoms with Crippen molar-refractivity contribution in [1.82, 2.24) is 15.5 Å². The van der Waals surface area contributed by atoms with Gasteiger partial charge in [-0.1, -0.05) is 29.8 Å². The topological polar surface area (TPSA) is 62.8 Å². The summed E-state index contributed by atoms with van der Waals surface area (Å²) in [4.78, 5) is 14.2. The van der Waals surface area contributed by atoms with Gasteiger partial charge in [-0.15, -0.1) is 0 Å². The van der Waals surface area contributed by atoms with Crippen molar-refractivity contribution < 1.29 is 14.3 Å². The van der Waals surface area contributed by atoms with E-state index < -0.39 is 0 Å². The third-order valence-corrected chi connectivity index (χ3v) is 4.45. The first-order valence-corrected chi connectivity index (χ1v) is 8.97. The van der Waals surface area contributed by atoms with E-state index in [-0.39, 0.29) is 12.1 Å². The van der Waals surface area contributed by atoms with Gasteiger partial charge in [-0.05, 0) is 49.5 Å². The van der Waals surface area contributed by atoms with Crippen LogP contribution in [0.2, 0.25) is 5.02 Å². The summed E-state index contributed by atoms with van der Waals surface area (Å²) in [5.74, 6) is 1.33. The first-order chi connectivity index (χ1) is 12.9. The lowest BCUT2D eigenvalue weighted by molar-refractivity contribution is 0.232. The van der Waals surface area contributed by atoms with Gasteiger partial charge in [0.15, 0.2) is 11.5 Å². The summed E-state index contributed by atoms with van der Waals surface area (Å²) in [6, 6.07) is 12.9. The van der Waals surface area contributed by atoms with Crippen LogP contribution in [0.1, 0.15) is 17.2 Å². The molecule has 0 aliphatic carbocycles. The number of urea groups is 1. The van der Waals surface area contributed by atoms with Crippen LogP contribution in [-0.4, -0.2) is 45.8 Å². The van der Waals surface area contributed by atoms with E-state index in [1.165, 1.54) is 0 Å². The SMILES string of the molecule is COc1ccc(C(CNC(=O)NCc2cccc(Cl)c2)N(C)C)cc1OC. The Bertz CT molecular complexity index is 768. The molecule has 27 heavy (non-hydrogen) atoms. The van der Waals surface area contributed by atoms with Crippen molar-refractivity contribution in [2.75, 3.05) is 34.9 Å². The molecular weight excluding hydrogens is 366 g/mol. The van der Waals surface area contributed by atoms with E-state index in [2.05, 4.69) is 10.6 Å². The van der Waals surface area contributed by atoms with Gasteiger partial charge in [0.1, 0.15) is 0 Å². The Morgan fingerprint density at radius 2 is 1.81 bits per heavy atom. The quantitative estimate of drug-likeness (QED) is 0.723. The molecular formula is C20H26ClN3O3. The fourth-order valence-corrected chi connectivity index (χ4v) is 2.95. The van der Waals surface area contributed by atoms with Crippen LogP contribution in [0.4, 0.5) is 4.79 Å². The number of nitrogens with zero attached hydrogens (tertiary/aromatic N) is 1. The second kappa shape index (κ2) is 10.0. The monoisotopic (exact) mass is 391 g/mol. The van der Waals surface area contributed by atoms with Crippen molar-refractivity contribution >= 4 is 17.6 Å². The summed E-state index contributed by atoms with van der Waals surface area (Å²) in [7, 11) is 7.14. The lowest BCUT2D eigenvalue weighted by atomic mass is 10.1. The summed E-state index contributed by atoms with van der Waals surface area (Å²) >= 11 is 5.96. The Morgan fingerprint density at radius 3 is 2.44 bits per heavy atom. The van der Waals surface area contributed by atoms with E-state index in [9.17, 15) is 4.79 Å². The molecule has 2 amide bonds. The van der Waals surface area contributed by atoms with Gasteiger partial charge < -0.3 is 25.0 Å². The zero-order valence-corrected chi connectivity index (χ0v) is 16.8. The normalized spacial score (nSPS) is 11.8. The number of amides is 2. The zero-order chi connectivity index (χ0) is 19.8. The third-order valence-electron chi connectivity index (χ3n) is 4.21. The molecule has 0 aromatic heterocycles. The average Bonchev–Trinajstić information content (AvgIpc) is 2.66. The molecule has 0 aliphatic heterocycles. The second-order valence-electron chi connectivity index (χ2n) is 6.29. The number of methoxy groups -OCH3 is 2. The van der Waals surface area contributed by atoms with Gasteiger partial charge in [0.25, 0.3) is 0 Å². The van der Waals surface area contributed by atoms with Gasteiger partial charge >= 0.3 is 6.03 Å². The van der Waals surface area contributed by atoms with Gasteiger partial charge in [0.05, 0.1) is 20.3 Å². The Balaban J connectivity index is 1.97. The number of hydrogen-bond acceptors (Lipinski definition) is 4. The molecule has 1 atom stereocenters. The van der Waals surface area contributed by atoms with Crippen molar-refractivity contribution in [2.24, 2.45) is 0 Å². The van der Waals surface area contributed by atoms with Crippen LogP contribution in [0.3, 0.4) is 0 Å². The van der Waals surface area contributed by atoms with Crippen LogP contribution >= 0.6 is 11.6 Å². The molecule has 0 radical (unpaired) electrons. The van der Waals surface area contributed by atoms with Gasteiger partial charge in [-0.25, -0.2) is 4.79 Å².